The molecule has 1 nitrogen and oxygen atoms in total. The van der Waals surface area contributed by atoms with E-state index >= 15 is 0 Å². The maximum Gasteiger partial charge on any atom is 0.0702 e. The van der Waals surface area contributed by atoms with Crippen LogP contribution in [0, 0.1) is 11.3 Å². The highest BCUT2D eigenvalue weighted by Crippen LogP contribution is 2.41. The molecule has 0 bridgehead atoms. The molecule has 0 spiro atoms. The summed E-state index contributed by atoms with van der Waals surface area (Å²) < 4.78 is 0. The van der Waals surface area contributed by atoms with Crippen LogP contribution in [0.2, 0.25) is 0 Å². The highest BCUT2D eigenvalue weighted by molar-refractivity contribution is 5.79. The predicted octanol–water partition coefficient (Wildman–Crippen LogP) is 5.02. The van der Waals surface area contributed by atoms with Gasteiger partial charge in [0.25, 0.3) is 0 Å². The van der Waals surface area contributed by atoms with Gasteiger partial charge in [0.2, 0.25) is 0 Å². The lowest BCUT2D eigenvalue weighted by atomic mass is 9.70. The Hall–Kier alpha value is -1.37. The highest BCUT2D eigenvalue weighted by atomic mass is 14.6. The first-order valence-electron chi connectivity index (χ1n) is 6.74. The van der Waals surface area contributed by atoms with Gasteiger partial charge in [-0.2, -0.15) is 0 Å². The van der Waals surface area contributed by atoms with Crippen LogP contribution in [-0.4, -0.2) is 4.98 Å². The van der Waals surface area contributed by atoms with Crippen molar-refractivity contribution in [3.05, 3.63) is 42.1 Å². The molecule has 96 valence electrons. The van der Waals surface area contributed by atoms with Crippen LogP contribution in [0.4, 0.5) is 0 Å². The Balaban J connectivity index is 2.51. The first-order valence-corrected chi connectivity index (χ1v) is 6.74. The zero-order chi connectivity index (χ0) is 13.3. The fourth-order valence-electron chi connectivity index (χ4n) is 3.17. The zero-order valence-corrected chi connectivity index (χ0v) is 12.1. The first-order chi connectivity index (χ1) is 8.39. The normalized spacial score (nSPS) is 14.1. The Bertz CT molecular complexity index is 535. The van der Waals surface area contributed by atoms with Crippen LogP contribution in [0.3, 0.4) is 0 Å². The molecule has 2 rings (SSSR count). The summed E-state index contributed by atoms with van der Waals surface area (Å²) in [6.07, 6.45) is 1.85. The van der Waals surface area contributed by atoms with Crippen molar-refractivity contribution in [3.63, 3.8) is 0 Å². The fraction of sp³-hybridized carbons (Fsp3) is 0.471. The molecule has 1 atom stereocenters. The molecule has 0 saturated carbocycles. The lowest BCUT2D eigenvalue weighted by molar-refractivity contribution is 0.258. The molecular weight excluding hydrogens is 218 g/mol. The third-order valence-electron chi connectivity index (χ3n) is 3.59. The predicted molar refractivity (Wildman–Crippen MR) is 78.8 cm³/mol. The highest BCUT2D eigenvalue weighted by Gasteiger charge is 2.28. The van der Waals surface area contributed by atoms with E-state index < -0.39 is 0 Å². The number of aromatic nitrogens is 1. The van der Waals surface area contributed by atoms with Crippen molar-refractivity contribution in [2.75, 3.05) is 0 Å². The van der Waals surface area contributed by atoms with Gasteiger partial charge in [-0.05, 0) is 41.0 Å². The van der Waals surface area contributed by atoms with Gasteiger partial charge in [0.15, 0.2) is 0 Å². The number of rotatable bonds is 2. The molecule has 1 unspecified atom stereocenters. The molecule has 1 aromatic heterocycles. The second-order valence-corrected chi connectivity index (χ2v) is 6.54. The quantitative estimate of drug-likeness (QED) is 0.719. The van der Waals surface area contributed by atoms with Crippen molar-refractivity contribution < 1.29 is 0 Å². The molecule has 0 radical (unpaired) electrons. The van der Waals surface area contributed by atoms with Crippen molar-refractivity contribution in [2.24, 2.45) is 11.3 Å². The third kappa shape index (κ3) is 2.55. The van der Waals surface area contributed by atoms with Gasteiger partial charge in [0, 0.05) is 11.6 Å². The zero-order valence-electron chi connectivity index (χ0n) is 12.1. The fourth-order valence-corrected chi connectivity index (χ4v) is 3.17. The van der Waals surface area contributed by atoms with Crippen LogP contribution in [0.5, 0.6) is 0 Å². The Kier molecular flexibility index (Phi) is 3.43. The van der Waals surface area contributed by atoms with E-state index in [1.165, 1.54) is 10.9 Å². The average Bonchev–Trinajstić information content (AvgIpc) is 2.26. The number of hydrogen-bond acceptors (Lipinski definition) is 1. The summed E-state index contributed by atoms with van der Waals surface area (Å²) in [5, 5.41) is 1.24. The molecule has 0 saturated heterocycles. The van der Waals surface area contributed by atoms with Crippen LogP contribution < -0.4 is 0 Å². The van der Waals surface area contributed by atoms with E-state index in [2.05, 4.69) is 63.9 Å². The molecule has 0 aliphatic rings. The molecule has 1 heteroatoms. The van der Waals surface area contributed by atoms with Gasteiger partial charge < -0.3 is 0 Å². The van der Waals surface area contributed by atoms with Gasteiger partial charge in [-0.25, -0.2) is 0 Å². The van der Waals surface area contributed by atoms with Crippen LogP contribution in [0.15, 0.2) is 36.5 Å². The van der Waals surface area contributed by atoms with Crippen molar-refractivity contribution in [1.29, 1.82) is 0 Å². The SMILES string of the molecule is CC(C)C(c1ccc2ncccc2c1)C(C)(C)C. The summed E-state index contributed by atoms with van der Waals surface area (Å²) >= 11 is 0. The number of fused-ring (bicyclic) bond motifs is 1. The number of pyridine rings is 1. The Morgan fingerprint density at radius 1 is 1.06 bits per heavy atom. The minimum Gasteiger partial charge on any atom is -0.256 e. The van der Waals surface area contributed by atoms with Crippen LogP contribution in [0.25, 0.3) is 10.9 Å². The summed E-state index contributed by atoms with van der Waals surface area (Å²) in [5.41, 5.74) is 2.79. The van der Waals surface area contributed by atoms with Gasteiger partial charge in [-0.1, -0.05) is 46.8 Å². The monoisotopic (exact) mass is 241 g/mol. The van der Waals surface area contributed by atoms with Crippen molar-refractivity contribution in [3.8, 4) is 0 Å². The number of benzene rings is 1. The third-order valence-corrected chi connectivity index (χ3v) is 3.59. The summed E-state index contributed by atoms with van der Waals surface area (Å²) in [5.74, 6) is 1.21. The second-order valence-electron chi connectivity index (χ2n) is 6.54. The molecule has 0 aliphatic heterocycles. The lowest BCUT2D eigenvalue weighted by Crippen LogP contribution is -2.23. The summed E-state index contributed by atoms with van der Waals surface area (Å²) in [6.45, 7) is 11.6. The van der Waals surface area contributed by atoms with E-state index in [1.54, 1.807) is 0 Å². The molecule has 0 N–H and O–H groups in total. The summed E-state index contributed by atoms with van der Waals surface area (Å²) in [4.78, 5) is 4.39. The van der Waals surface area contributed by atoms with E-state index in [0.717, 1.165) is 5.52 Å². The Morgan fingerprint density at radius 2 is 1.78 bits per heavy atom. The standard InChI is InChI=1S/C17H23N/c1-12(2)16(17(3,4)5)14-8-9-15-13(11-14)7-6-10-18-15/h6-12,16H,1-5H3. The van der Waals surface area contributed by atoms with Crippen molar-refractivity contribution in [2.45, 2.75) is 40.5 Å². The van der Waals surface area contributed by atoms with E-state index in [9.17, 15) is 0 Å². The van der Waals surface area contributed by atoms with E-state index in [4.69, 9.17) is 0 Å². The minimum atomic E-state index is 0.282. The van der Waals surface area contributed by atoms with Crippen LogP contribution in [-0.2, 0) is 0 Å². The largest absolute Gasteiger partial charge is 0.256 e. The first kappa shape index (κ1) is 13.1. The van der Waals surface area contributed by atoms with Gasteiger partial charge in [-0.15, -0.1) is 0 Å². The topological polar surface area (TPSA) is 12.9 Å². The molecule has 1 heterocycles. The maximum absolute atomic E-state index is 4.39. The Morgan fingerprint density at radius 3 is 2.39 bits per heavy atom. The minimum absolute atomic E-state index is 0.282. The molecule has 0 fully saturated rings. The molecule has 2 aromatic rings. The van der Waals surface area contributed by atoms with Gasteiger partial charge in [0.1, 0.15) is 0 Å². The van der Waals surface area contributed by atoms with Gasteiger partial charge in [0.05, 0.1) is 5.52 Å². The van der Waals surface area contributed by atoms with E-state index in [-0.39, 0.29) is 5.41 Å². The average molecular weight is 241 g/mol. The molecule has 0 amide bonds. The molecule has 1 aromatic carbocycles. The van der Waals surface area contributed by atoms with Crippen molar-refractivity contribution in [1.82, 2.24) is 4.98 Å². The summed E-state index contributed by atoms with van der Waals surface area (Å²) in [6, 6.07) is 10.8. The van der Waals surface area contributed by atoms with Crippen LogP contribution >= 0.6 is 0 Å². The molecule has 0 aliphatic carbocycles. The number of nitrogens with zero attached hydrogens (tertiary/aromatic N) is 1. The lowest BCUT2D eigenvalue weighted by Gasteiger charge is -2.34. The van der Waals surface area contributed by atoms with E-state index in [1.807, 2.05) is 12.3 Å². The van der Waals surface area contributed by atoms with Crippen LogP contribution in [0.1, 0.15) is 46.1 Å². The molecule has 18 heavy (non-hydrogen) atoms. The maximum atomic E-state index is 4.39. The van der Waals surface area contributed by atoms with Gasteiger partial charge in [-0.3, -0.25) is 4.98 Å². The number of hydrogen-bond donors (Lipinski definition) is 0. The smallest absolute Gasteiger partial charge is 0.0702 e. The summed E-state index contributed by atoms with van der Waals surface area (Å²) in [7, 11) is 0. The van der Waals surface area contributed by atoms with Gasteiger partial charge >= 0.3 is 0 Å². The van der Waals surface area contributed by atoms with Crippen molar-refractivity contribution >= 4 is 10.9 Å². The second kappa shape index (κ2) is 4.72. The Labute approximate surface area is 110 Å². The molecular formula is C17H23N. The van der Waals surface area contributed by atoms with E-state index in [0.29, 0.717) is 11.8 Å².